The van der Waals surface area contributed by atoms with E-state index in [1.165, 1.54) is 12.8 Å². The van der Waals surface area contributed by atoms with Crippen LogP contribution < -0.4 is 5.73 Å². The van der Waals surface area contributed by atoms with Gasteiger partial charge in [-0.3, -0.25) is 4.99 Å². The summed E-state index contributed by atoms with van der Waals surface area (Å²) in [7, 11) is 0. The van der Waals surface area contributed by atoms with Crippen LogP contribution in [0.2, 0.25) is 0 Å². The number of nitrogens with two attached hydrogens (primary N) is 1. The molecular formula is C13H23IN4S. The minimum Gasteiger partial charge on any atom is -0.370 e. The van der Waals surface area contributed by atoms with Crippen LogP contribution in [0.15, 0.2) is 10.4 Å². The molecule has 108 valence electrons. The van der Waals surface area contributed by atoms with Crippen LogP contribution in [0.1, 0.15) is 30.5 Å². The van der Waals surface area contributed by atoms with Gasteiger partial charge >= 0.3 is 0 Å². The fourth-order valence-corrected chi connectivity index (χ4v) is 2.79. The van der Waals surface area contributed by atoms with Gasteiger partial charge in [0.05, 0.1) is 10.7 Å². The molecule has 0 saturated carbocycles. The smallest absolute Gasteiger partial charge is 0.191 e. The van der Waals surface area contributed by atoms with Crippen LogP contribution in [0.5, 0.6) is 0 Å². The number of piperidine rings is 1. The number of guanidine groups is 1. The molecule has 0 unspecified atom stereocenters. The summed E-state index contributed by atoms with van der Waals surface area (Å²) in [6, 6.07) is 0. The molecule has 6 heteroatoms. The van der Waals surface area contributed by atoms with Gasteiger partial charge in [-0.25, -0.2) is 4.98 Å². The van der Waals surface area contributed by atoms with Crippen molar-refractivity contribution < 1.29 is 0 Å². The largest absolute Gasteiger partial charge is 0.370 e. The summed E-state index contributed by atoms with van der Waals surface area (Å²) in [5.74, 6) is 1.53. The van der Waals surface area contributed by atoms with Crippen LogP contribution in [0.4, 0.5) is 0 Å². The Morgan fingerprint density at radius 3 is 2.79 bits per heavy atom. The van der Waals surface area contributed by atoms with Crippen LogP contribution >= 0.6 is 35.3 Å². The number of halogens is 1. The van der Waals surface area contributed by atoms with Gasteiger partial charge in [-0.2, -0.15) is 0 Å². The topological polar surface area (TPSA) is 54.5 Å². The lowest BCUT2D eigenvalue weighted by atomic mass is 10.00. The first-order chi connectivity index (χ1) is 8.65. The van der Waals surface area contributed by atoms with E-state index in [2.05, 4.69) is 27.2 Å². The summed E-state index contributed by atoms with van der Waals surface area (Å²) in [6.45, 7) is 7.16. The Morgan fingerprint density at radius 2 is 2.21 bits per heavy atom. The van der Waals surface area contributed by atoms with E-state index < -0.39 is 0 Å². The Kier molecular flexibility index (Phi) is 7.06. The maximum Gasteiger partial charge on any atom is 0.191 e. The summed E-state index contributed by atoms with van der Waals surface area (Å²) in [6.07, 6.45) is 3.33. The van der Waals surface area contributed by atoms with Crippen molar-refractivity contribution in [1.29, 1.82) is 0 Å². The first kappa shape index (κ1) is 16.7. The average Bonchev–Trinajstić information content (AvgIpc) is 2.76. The van der Waals surface area contributed by atoms with Crippen molar-refractivity contribution in [2.45, 2.75) is 33.1 Å². The maximum atomic E-state index is 6.02. The minimum absolute atomic E-state index is 0. The fraction of sp³-hybridized carbons (Fsp3) is 0.692. The molecule has 0 spiro atoms. The van der Waals surface area contributed by atoms with Gasteiger partial charge in [0.2, 0.25) is 0 Å². The molecule has 1 aromatic rings. The Hall–Kier alpha value is -0.370. The van der Waals surface area contributed by atoms with Gasteiger partial charge < -0.3 is 10.6 Å². The predicted octanol–water partition coefficient (Wildman–Crippen LogP) is 2.66. The van der Waals surface area contributed by atoms with E-state index in [4.69, 9.17) is 5.73 Å². The quantitative estimate of drug-likeness (QED) is 0.487. The van der Waals surface area contributed by atoms with Crippen molar-refractivity contribution in [1.82, 2.24) is 9.88 Å². The van der Waals surface area contributed by atoms with E-state index in [0.717, 1.165) is 42.7 Å². The second kappa shape index (κ2) is 8.04. The second-order valence-corrected chi connectivity index (χ2v) is 6.08. The zero-order valence-electron chi connectivity index (χ0n) is 11.6. The van der Waals surface area contributed by atoms with E-state index in [0.29, 0.717) is 5.96 Å². The van der Waals surface area contributed by atoms with Crippen molar-refractivity contribution in [2.75, 3.05) is 19.6 Å². The molecule has 0 amide bonds. The van der Waals surface area contributed by atoms with Crippen molar-refractivity contribution in [3.8, 4) is 0 Å². The van der Waals surface area contributed by atoms with Crippen LogP contribution in [0, 0.1) is 12.8 Å². The SMILES string of the molecule is Cc1nc(CCN=C(N)N2CCC(C)CC2)cs1.I. The summed E-state index contributed by atoms with van der Waals surface area (Å²) in [4.78, 5) is 11.1. The van der Waals surface area contributed by atoms with E-state index in [9.17, 15) is 0 Å². The number of rotatable bonds is 3. The minimum atomic E-state index is 0. The summed E-state index contributed by atoms with van der Waals surface area (Å²) >= 11 is 1.69. The van der Waals surface area contributed by atoms with E-state index >= 15 is 0 Å². The normalized spacial score (nSPS) is 17.4. The van der Waals surface area contributed by atoms with Gasteiger partial charge in [-0.05, 0) is 25.7 Å². The number of thiazole rings is 1. The Bertz CT molecular complexity index is 411. The first-order valence-corrected chi connectivity index (χ1v) is 7.49. The Labute approximate surface area is 136 Å². The van der Waals surface area contributed by atoms with Crippen molar-refractivity contribution in [3.05, 3.63) is 16.1 Å². The van der Waals surface area contributed by atoms with E-state index in [1.807, 2.05) is 6.92 Å². The molecular weight excluding hydrogens is 371 g/mol. The van der Waals surface area contributed by atoms with Crippen LogP contribution in [-0.4, -0.2) is 35.5 Å². The number of aliphatic imine (C=N–C) groups is 1. The zero-order chi connectivity index (χ0) is 13.0. The number of hydrogen-bond acceptors (Lipinski definition) is 3. The molecule has 4 nitrogen and oxygen atoms in total. The molecule has 19 heavy (non-hydrogen) atoms. The number of aryl methyl sites for hydroxylation is 1. The highest BCUT2D eigenvalue weighted by molar-refractivity contribution is 14.0. The Balaban J connectivity index is 0.00000180. The fourth-order valence-electron chi connectivity index (χ4n) is 2.15. The molecule has 0 aliphatic carbocycles. The van der Waals surface area contributed by atoms with Gasteiger partial charge in [0, 0.05) is 31.4 Å². The molecule has 1 fully saturated rings. The van der Waals surface area contributed by atoms with Crippen LogP contribution in [0.3, 0.4) is 0 Å². The molecule has 0 aromatic carbocycles. The van der Waals surface area contributed by atoms with Gasteiger partial charge in [0.15, 0.2) is 5.96 Å². The average molecular weight is 394 g/mol. The van der Waals surface area contributed by atoms with Gasteiger partial charge in [-0.1, -0.05) is 6.92 Å². The lowest BCUT2D eigenvalue weighted by molar-refractivity contribution is 0.277. The predicted molar refractivity (Wildman–Crippen MR) is 92.4 cm³/mol. The molecule has 2 N–H and O–H groups in total. The van der Waals surface area contributed by atoms with Crippen molar-refractivity contribution >= 4 is 41.3 Å². The third-order valence-corrected chi connectivity index (χ3v) is 4.24. The van der Waals surface area contributed by atoms with E-state index in [1.54, 1.807) is 11.3 Å². The third-order valence-electron chi connectivity index (χ3n) is 3.42. The highest BCUT2D eigenvalue weighted by Gasteiger charge is 2.16. The number of nitrogens with zero attached hydrogens (tertiary/aromatic N) is 3. The second-order valence-electron chi connectivity index (χ2n) is 5.02. The molecule has 0 radical (unpaired) electrons. The molecule has 1 aliphatic heterocycles. The molecule has 2 heterocycles. The lowest BCUT2D eigenvalue weighted by Crippen LogP contribution is -2.42. The van der Waals surface area contributed by atoms with E-state index in [-0.39, 0.29) is 24.0 Å². The van der Waals surface area contributed by atoms with Gasteiger partial charge in [-0.15, -0.1) is 35.3 Å². The highest BCUT2D eigenvalue weighted by atomic mass is 127. The molecule has 1 aromatic heterocycles. The summed E-state index contributed by atoms with van der Waals surface area (Å²) in [5, 5.41) is 3.22. The number of hydrogen-bond donors (Lipinski definition) is 1. The monoisotopic (exact) mass is 394 g/mol. The molecule has 0 bridgehead atoms. The van der Waals surface area contributed by atoms with Crippen molar-refractivity contribution in [3.63, 3.8) is 0 Å². The molecule has 2 rings (SSSR count). The first-order valence-electron chi connectivity index (χ1n) is 6.61. The molecule has 1 aliphatic rings. The molecule has 1 saturated heterocycles. The summed E-state index contributed by atoms with van der Waals surface area (Å²) in [5.41, 5.74) is 7.15. The molecule has 0 atom stereocenters. The van der Waals surface area contributed by atoms with Gasteiger partial charge in [0.25, 0.3) is 0 Å². The number of likely N-dealkylation sites (tertiary alicyclic amines) is 1. The highest BCUT2D eigenvalue weighted by Crippen LogP contribution is 2.15. The standard InChI is InChI=1S/C13H22N4S.HI/c1-10-4-7-17(8-5-10)13(14)15-6-3-12-9-18-11(2)16-12;/h9-10H,3-8H2,1-2H3,(H2,14,15);1H. The van der Waals surface area contributed by atoms with Crippen molar-refractivity contribution in [2.24, 2.45) is 16.6 Å². The lowest BCUT2D eigenvalue weighted by Gasteiger charge is -2.31. The number of aromatic nitrogens is 1. The van der Waals surface area contributed by atoms with Crippen LogP contribution in [-0.2, 0) is 6.42 Å². The Morgan fingerprint density at radius 1 is 1.53 bits per heavy atom. The maximum absolute atomic E-state index is 6.02. The van der Waals surface area contributed by atoms with Crippen LogP contribution in [0.25, 0.3) is 0 Å². The summed E-state index contributed by atoms with van der Waals surface area (Å²) < 4.78 is 0. The van der Waals surface area contributed by atoms with Gasteiger partial charge in [0.1, 0.15) is 0 Å². The third kappa shape index (κ3) is 5.25. The zero-order valence-corrected chi connectivity index (χ0v) is 14.8.